The van der Waals surface area contributed by atoms with E-state index in [9.17, 15) is 8.78 Å². The van der Waals surface area contributed by atoms with Gasteiger partial charge < -0.3 is 10.5 Å². The Kier molecular flexibility index (Phi) is 1.97. The molecule has 0 aromatic carbocycles. The van der Waals surface area contributed by atoms with Crippen LogP contribution in [0.1, 0.15) is 12.8 Å². The van der Waals surface area contributed by atoms with Crippen LogP contribution in [0.15, 0.2) is 0 Å². The van der Waals surface area contributed by atoms with E-state index in [0.29, 0.717) is 6.42 Å². The van der Waals surface area contributed by atoms with E-state index in [1.54, 1.807) is 0 Å². The molecule has 0 aromatic heterocycles. The zero-order chi connectivity index (χ0) is 6.85. The summed E-state index contributed by atoms with van der Waals surface area (Å²) >= 11 is 0. The van der Waals surface area contributed by atoms with Gasteiger partial charge in [0.2, 0.25) is 0 Å². The smallest absolute Gasteiger partial charge is 0.325 e. The predicted molar refractivity (Wildman–Crippen MR) is 28.1 cm³/mol. The summed E-state index contributed by atoms with van der Waals surface area (Å²) in [4.78, 5) is 0. The number of halogens is 2. The van der Waals surface area contributed by atoms with Crippen LogP contribution in [0.3, 0.4) is 0 Å². The SMILES string of the molecule is N[C@H]1CC[C@@H]1OC(F)F. The molecule has 0 saturated heterocycles. The monoisotopic (exact) mass is 137 g/mol. The van der Waals surface area contributed by atoms with Gasteiger partial charge in [0.1, 0.15) is 0 Å². The predicted octanol–water partition coefficient (Wildman–Crippen LogP) is 0.715. The minimum Gasteiger partial charge on any atom is -0.325 e. The first-order chi connectivity index (χ1) is 4.20. The molecule has 1 aliphatic carbocycles. The second kappa shape index (κ2) is 2.58. The molecule has 2 N–H and O–H groups in total. The van der Waals surface area contributed by atoms with Gasteiger partial charge in [-0.25, -0.2) is 0 Å². The molecule has 2 atom stereocenters. The van der Waals surface area contributed by atoms with Gasteiger partial charge in [0.05, 0.1) is 6.10 Å². The van der Waals surface area contributed by atoms with E-state index in [-0.39, 0.29) is 6.04 Å². The quantitative estimate of drug-likeness (QED) is 0.608. The van der Waals surface area contributed by atoms with E-state index in [1.807, 2.05) is 0 Å². The fraction of sp³-hybridized carbons (Fsp3) is 1.00. The fourth-order valence-electron chi connectivity index (χ4n) is 0.796. The van der Waals surface area contributed by atoms with E-state index in [2.05, 4.69) is 4.74 Å². The van der Waals surface area contributed by atoms with Gasteiger partial charge in [-0.15, -0.1) is 0 Å². The lowest BCUT2D eigenvalue weighted by Gasteiger charge is -2.32. The summed E-state index contributed by atoms with van der Waals surface area (Å²) in [6.07, 6.45) is 1.08. The van der Waals surface area contributed by atoms with Crippen LogP contribution in [0.5, 0.6) is 0 Å². The van der Waals surface area contributed by atoms with Crippen LogP contribution in [0, 0.1) is 0 Å². The van der Waals surface area contributed by atoms with Crippen molar-refractivity contribution in [1.82, 2.24) is 0 Å². The van der Waals surface area contributed by atoms with Crippen LogP contribution in [0.2, 0.25) is 0 Å². The van der Waals surface area contributed by atoms with Crippen molar-refractivity contribution >= 4 is 0 Å². The lowest BCUT2D eigenvalue weighted by atomic mass is 9.90. The molecule has 54 valence electrons. The third kappa shape index (κ3) is 1.59. The van der Waals surface area contributed by atoms with Crippen molar-refractivity contribution < 1.29 is 13.5 Å². The molecule has 0 amide bonds. The number of hydrogen-bond acceptors (Lipinski definition) is 2. The van der Waals surface area contributed by atoms with Gasteiger partial charge in [-0.3, -0.25) is 0 Å². The summed E-state index contributed by atoms with van der Waals surface area (Å²) in [5.74, 6) is 0. The molecule has 0 heterocycles. The summed E-state index contributed by atoms with van der Waals surface area (Å²) < 4.78 is 26.9. The van der Waals surface area contributed by atoms with Crippen molar-refractivity contribution in [1.29, 1.82) is 0 Å². The molecular weight excluding hydrogens is 128 g/mol. The second-order valence-corrected chi connectivity index (χ2v) is 2.18. The van der Waals surface area contributed by atoms with Crippen LogP contribution in [0.4, 0.5) is 8.78 Å². The Morgan fingerprint density at radius 1 is 1.44 bits per heavy atom. The molecule has 0 unspecified atom stereocenters. The fourth-order valence-corrected chi connectivity index (χ4v) is 0.796. The first-order valence-corrected chi connectivity index (χ1v) is 2.89. The van der Waals surface area contributed by atoms with Crippen LogP contribution in [0.25, 0.3) is 0 Å². The Hall–Kier alpha value is -0.220. The van der Waals surface area contributed by atoms with E-state index >= 15 is 0 Å². The highest BCUT2D eigenvalue weighted by atomic mass is 19.3. The molecule has 1 saturated carbocycles. The topological polar surface area (TPSA) is 35.2 Å². The molecule has 4 heteroatoms. The molecule has 1 aliphatic rings. The third-order valence-electron chi connectivity index (χ3n) is 1.54. The molecule has 1 rings (SSSR count). The average molecular weight is 137 g/mol. The van der Waals surface area contributed by atoms with Gasteiger partial charge >= 0.3 is 6.61 Å². The maximum absolute atomic E-state index is 11.4. The van der Waals surface area contributed by atoms with Crippen LogP contribution in [-0.2, 0) is 4.74 Å². The Morgan fingerprint density at radius 3 is 2.22 bits per heavy atom. The summed E-state index contributed by atoms with van der Waals surface area (Å²) in [6, 6.07) is -0.168. The molecule has 2 nitrogen and oxygen atoms in total. The maximum atomic E-state index is 11.4. The van der Waals surface area contributed by atoms with Gasteiger partial charge in [0, 0.05) is 6.04 Å². The van der Waals surface area contributed by atoms with Gasteiger partial charge in [0.15, 0.2) is 0 Å². The standard InChI is InChI=1S/C5H9F2NO/c6-5(7)9-4-2-1-3(4)8/h3-5H,1-2,8H2/t3-,4-/m0/s1. The number of alkyl halides is 2. The molecule has 0 spiro atoms. The summed E-state index contributed by atoms with van der Waals surface area (Å²) in [5, 5.41) is 0. The minimum atomic E-state index is -2.67. The summed E-state index contributed by atoms with van der Waals surface area (Å²) in [5.41, 5.74) is 5.31. The molecule has 0 aliphatic heterocycles. The normalized spacial score (nSPS) is 34.7. The highest BCUT2D eigenvalue weighted by molar-refractivity contribution is 4.84. The van der Waals surface area contributed by atoms with Crippen molar-refractivity contribution in [3.63, 3.8) is 0 Å². The van der Waals surface area contributed by atoms with E-state index < -0.39 is 12.7 Å². The van der Waals surface area contributed by atoms with Crippen molar-refractivity contribution in [2.45, 2.75) is 31.6 Å². The highest BCUT2D eigenvalue weighted by Crippen LogP contribution is 2.22. The lowest BCUT2D eigenvalue weighted by molar-refractivity contribution is -0.186. The first kappa shape index (κ1) is 6.89. The number of hydrogen-bond donors (Lipinski definition) is 1. The Balaban J connectivity index is 2.13. The third-order valence-corrected chi connectivity index (χ3v) is 1.54. The number of rotatable bonds is 2. The van der Waals surface area contributed by atoms with Crippen molar-refractivity contribution in [2.75, 3.05) is 0 Å². The van der Waals surface area contributed by atoms with E-state index in [4.69, 9.17) is 5.73 Å². The number of nitrogens with two attached hydrogens (primary N) is 1. The van der Waals surface area contributed by atoms with Gasteiger partial charge in [-0.2, -0.15) is 8.78 Å². The van der Waals surface area contributed by atoms with Crippen LogP contribution in [-0.4, -0.2) is 18.8 Å². The second-order valence-electron chi connectivity index (χ2n) is 2.18. The minimum absolute atomic E-state index is 0.168. The molecule has 0 bridgehead atoms. The van der Waals surface area contributed by atoms with Gasteiger partial charge in [-0.05, 0) is 12.8 Å². The van der Waals surface area contributed by atoms with Crippen LogP contribution < -0.4 is 5.73 Å². The van der Waals surface area contributed by atoms with E-state index in [0.717, 1.165) is 6.42 Å². The van der Waals surface area contributed by atoms with Crippen LogP contribution >= 0.6 is 0 Å². The molecular formula is C5H9F2NO. The van der Waals surface area contributed by atoms with Crippen molar-refractivity contribution in [2.24, 2.45) is 5.73 Å². The largest absolute Gasteiger partial charge is 0.345 e. The number of ether oxygens (including phenoxy) is 1. The molecule has 0 radical (unpaired) electrons. The maximum Gasteiger partial charge on any atom is 0.345 e. The Morgan fingerprint density at radius 2 is 2.11 bits per heavy atom. The summed E-state index contributed by atoms with van der Waals surface area (Å²) in [7, 11) is 0. The Labute approximate surface area is 52.0 Å². The molecule has 0 aromatic rings. The summed E-state index contributed by atoms with van der Waals surface area (Å²) in [6.45, 7) is -2.67. The average Bonchev–Trinajstić information content (AvgIpc) is 1.79. The van der Waals surface area contributed by atoms with Gasteiger partial charge in [0.25, 0.3) is 0 Å². The molecule has 9 heavy (non-hydrogen) atoms. The zero-order valence-electron chi connectivity index (χ0n) is 4.89. The zero-order valence-corrected chi connectivity index (χ0v) is 4.89. The lowest BCUT2D eigenvalue weighted by Crippen LogP contribution is -2.46. The van der Waals surface area contributed by atoms with Crippen molar-refractivity contribution in [3.05, 3.63) is 0 Å². The van der Waals surface area contributed by atoms with E-state index in [1.165, 1.54) is 0 Å². The Bertz CT molecular complexity index is 99.0. The molecule has 1 fully saturated rings. The highest BCUT2D eigenvalue weighted by Gasteiger charge is 2.30. The first-order valence-electron chi connectivity index (χ1n) is 2.89. The van der Waals surface area contributed by atoms with Crippen molar-refractivity contribution in [3.8, 4) is 0 Å². The van der Waals surface area contributed by atoms with Gasteiger partial charge in [-0.1, -0.05) is 0 Å².